The highest BCUT2D eigenvalue weighted by molar-refractivity contribution is 5.94. The lowest BCUT2D eigenvalue weighted by Crippen LogP contribution is -2.44. The van der Waals surface area contributed by atoms with Crippen LogP contribution in [0, 0.1) is 12.8 Å². The van der Waals surface area contributed by atoms with Crippen LogP contribution in [0.5, 0.6) is 0 Å². The molecule has 4 nitrogen and oxygen atoms in total. The third kappa shape index (κ3) is 3.29. The molecule has 2 heterocycles. The largest absolute Gasteiger partial charge is 0.349 e. The molecule has 98 valence electrons. The Balaban J connectivity index is 1.94. The van der Waals surface area contributed by atoms with Crippen LogP contribution in [0.25, 0.3) is 0 Å². The summed E-state index contributed by atoms with van der Waals surface area (Å²) in [7, 11) is 0. The molecule has 0 bridgehead atoms. The summed E-state index contributed by atoms with van der Waals surface area (Å²) in [5.41, 5.74) is 1.56. The number of piperidine rings is 1. The lowest BCUT2D eigenvalue weighted by Gasteiger charge is -2.28. The Hall–Kier alpha value is -1.42. The fraction of sp³-hybridized carbons (Fsp3) is 0.571. The van der Waals surface area contributed by atoms with Gasteiger partial charge in [0.25, 0.3) is 5.91 Å². The van der Waals surface area contributed by atoms with Gasteiger partial charge in [-0.3, -0.25) is 9.78 Å². The normalized spacial score (nSPS) is 21.3. The first-order chi connectivity index (χ1) is 8.66. The predicted molar refractivity (Wildman–Crippen MR) is 71.5 cm³/mol. The third-order valence-corrected chi connectivity index (χ3v) is 3.56. The van der Waals surface area contributed by atoms with E-state index < -0.39 is 0 Å². The number of hydrogen-bond acceptors (Lipinski definition) is 3. The number of pyridine rings is 1. The van der Waals surface area contributed by atoms with Gasteiger partial charge in [0.05, 0.1) is 0 Å². The number of aryl methyl sites for hydroxylation is 1. The summed E-state index contributed by atoms with van der Waals surface area (Å²) in [6.45, 7) is 6.08. The van der Waals surface area contributed by atoms with Crippen LogP contribution in [-0.4, -0.2) is 30.0 Å². The molecule has 1 aliphatic rings. The van der Waals surface area contributed by atoms with Crippen LogP contribution >= 0.6 is 0 Å². The SMILES string of the molecule is Cc1cc(C(=O)NC(C)C2CCCNC2)ccn1. The Morgan fingerprint density at radius 3 is 3.11 bits per heavy atom. The quantitative estimate of drug-likeness (QED) is 0.851. The molecule has 4 heteroatoms. The van der Waals surface area contributed by atoms with Crippen LogP contribution in [0.3, 0.4) is 0 Å². The number of carbonyl (C=O) groups excluding carboxylic acids is 1. The summed E-state index contributed by atoms with van der Waals surface area (Å²) >= 11 is 0. The lowest BCUT2D eigenvalue weighted by molar-refractivity contribution is 0.0921. The Bertz CT molecular complexity index is 413. The van der Waals surface area contributed by atoms with Crippen LogP contribution < -0.4 is 10.6 Å². The molecule has 1 aromatic heterocycles. The minimum atomic E-state index is -0.00132. The van der Waals surface area contributed by atoms with Gasteiger partial charge in [-0.15, -0.1) is 0 Å². The van der Waals surface area contributed by atoms with Crippen molar-refractivity contribution in [3.63, 3.8) is 0 Å². The Labute approximate surface area is 108 Å². The van der Waals surface area contributed by atoms with Gasteiger partial charge in [-0.05, 0) is 57.8 Å². The van der Waals surface area contributed by atoms with E-state index in [1.807, 2.05) is 13.0 Å². The van der Waals surface area contributed by atoms with Gasteiger partial charge in [0.15, 0.2) is 0 Å². The van der Waals surface area contributed by atoms with Gasteiger partial charge in [0.2, 0.25) is 0 Å². The van der Waals surface area contributed by atoms with Crippen molar-refractivity contribution >= 4 is 5.91 Å². The molecular formula is C14H21N3O. The molecule has 0 aliphatic carbocycles. The van der Waals surface area contributed by atoms with Gasteiger partial charge in [-0.2, -0.15) is 0 Å². The molecule has 1 aliphatic heterocycles. The van der Waals surface area contributed by atoms with Crippen LogP contribution in [0.15, 0.2) is 18.3 Å². The molecule has 2 atom stereocenters. The van der Waals surface area contributed by atoms with Gasteiger partial charge in [0.1, 0.15) is 0 Å². The number of amides is 1. The molecule has 1 fully saturated rings. The smallest absolute Gasteiger partial charge is 0.251 e. The second-order valence-electron chi connectivity index (χ2n) is 5.05. The standard InChI is InChI=1S/C14H21N3O/c1-10-8-12(5-7-16-10)14(18)17-11(2)13-4-3-6-15-9-13/h5,7-8,11,13,15H,3-4,6,9H2,1-2H3,(H,17,18). The Morgan fingerprint density at radius 2 is 2.44 bits per heavy atom. The van der Waals surface area contributed by atoms with E-state index in [0.717, 1.165) is 18.8 Å². The maximum absolute atomic E-state index is 12.1. The minimum Gasteiger partial charge on any atom is -0.349 e. The molecule has 2 N–H and O–H groups in total. The van der Waals surface area contributed by atoms with Gasteiger partial charge in [0, 0.05) is 23.5 Å². The molecule has 2 rings (SSSR count). The first kappa shape index (κ1) is 13.0. The van der Waals surface area contributed by atoms with Crippen LogP contribution in [0.1, 0.15) is 35.8 Å². The highest BCUT2D eigenvalue weighted by atomic mass is 16.1. The van der Waals surface area contributed by atoms with Crippen molar-refractivity contribution in [3.05, 3.63) is 29.6 Å². The highest BCUT2D eigenvalue weighted by Crippen LogP contribution is 2.14. The summed E-state index contributed by atoms with van der Waals surface area (Å²) in [5, 5.41) is 6.46. The summed E-state index contributed by atoms with van der Waals surface area (Å²) in [6.07, 6.45) is 4.06. The molecule has 0 spiro atoms. The lowest BCUT2D eigenvalue weighted by atomic mass is 9.92. The average Bonchev–Trinajstić information content (AvgIpc) is 2.39. The van der Waals surface area contributed by atoms with Gasteiger partial charge >= 0.3 is 0 Å². The predicted octanol–water partition coefficient (Wildman–Crippen LogP) is 1.51. The number of nitrogens with one attached hydrogen (secondary N) is 2. The van der Waals surface area contributed by atoms with E-state index in [9.17, 15) is 4.79 Å². The average molecular weight is 247 g/mol. The van der Waals surface area contributed by atoms with E-state index in [4.69, 9.17) is 0 Å². The number of carbonyl (C=O) groups is 1. The topological polar surface area (TPSA) is 54.0 Å². The molecule has 0 radical (unpaired) electrons. The van der Waals surface area contributed by atoms with E-state index in [2.05, 4.69) is 22.5 Å². The van der Waals surface area contributed by atoms with E-state index in [0.29, 0.717) is 11.5 Å². The highest BCUT2D eigenvalue weighted by Gasteiger charge is 2.21. The van der Waals surface area contributed by atoms with Crippen molar-refractivity contribution in [1.29, 1.82) is 0 Å². The second kappa shape index (κ2) is 5.96. The summed E-state index contributed by atoms with van der Waals surface area (Å²) in [5.74, 6) is 0.532. The zero-order valence-electron chi connectivity index (χ0n) is 11.1. The zero-order valence-corrected chi connectivity index (χ0v) is 11.1. The fourth-order valence-corrected chi connectivity index (χ4v) is 2.40. The fourth-order valence-electron chi connectivity index (χ4n) is 2.40. The van der Waals surface area contributed by atoms with Crippen molar-refractivity contribution < 1.29 is 4.79 Å². The van der Waals surface area contributed by atoms with Crippen LogP contribution in [0.2, 0.25) is 0 Å². The number of rotatable bonds is 3. The van der Waals surface area contributed by atoms with E-state index in [1.54, 1.807) is 12.3 Å². The van der Waals surface area contributed by atoms with E-state index >= 15 is 0 Å². The van der Waals surface area contributed by atoms with Gasteiger partial charge in [-0.1, -0.05) is 0 Å². The van der Waals surface area contributed by atoms with Crippen molar-refractivity contribution in [1.82, 2.24) is 15.6 Å². The summed E-state index contributed by atoms with van der Waals surface area (Å²) in [4.78, 5) is 16.2. The Kier molecular flexibility index (Phi) is 4.31. The summed E-state index contributed by atoms with van der Waals surface area (Å²) < 4.78 is 0. The second-order valence-corrected chi connectivity index (χ2v) is 5.05. The minimum absolute atomic E-state index is 0.00132. The molecule has 2 unspecified atom stereocenters. The summed E-state index contributed by atoms with van der Waals surface area (Å²) in [6, 6.07) is 3.79. The van der Waals surface area contributed by atoms with Crippen molar-refractivity contribution in [3.8, 4) is 0 Å². The molecule has 18 heavy (non-hydrogen) atoms. The number of nitrogens with zero attached hydrogens (tertiary/aromatic N) is 1. The first-order valence-corrected chi connectivity index (χ1v) is 6.61. The first-order valence-electron chi connectivity index (χ1n) is 6.61. The number of hydrogen-bond donors (Lipinski definition) is 2. The molecular weight excluding hydrogens is 226 g/mol. The van der Waals surface area contributed by atoms with Crippen molar-refractivity contribution in [2.45, 2.75) is 32.7 Å². The maximum atomic E-state index is 12.1. The Morgan fingerprint density at radius 1 is 1.61 bits per heavy atom. The van der Waals surface area contributed by atoms with Crippen molar-refractivity contribution in [2.24, 2.45) is 5.92 Å². The van der Waals surface area contributed by atoms with Gasteiger partial charge in [-0.25, -0.2) is 0 Å². The molecule has 0 saturated carbocycles. The molecule has 0 aromatic carbocycles. The molecule has 1 amide bonds. The van der Waals surface area contributed by atoms with E-state index in [1.165, 1.54) is 12.8 Å². The monoisotopic (exact) mass is 247 g/mol. The number of aromatic nitrogens is 1. The van der Waals surface area contributed by atoms with Crippen LogP contribution in [0.4, 0.5) is 0 Å². The van der Waals surface area contributed by atoms with E-state index in [-0.39, 0.29) is 11.9 Å². The van der Waals surface area contributed by atoms with Crippen molar-refractivity contribution in [2.75, 3.05) is 13.1 Å². The molecule has 1 saturated heterocycles. The van der Waals surface area contributed by atoms with Gasteiger partial charge < -0.3 is 10.6 Å². The maximum Gasteiger partial charge on any atom is 0.251 e. The third-order valence-electron chi connectivity index (χ3n) is 3.56. The zero-order chi connectivity index (χ0) is 13.0. The van der Waals surface area contributed by atoms with Crippen LogP contribution in [-0.2, 0) is 0 Å². The molecule has 1 aromatic rings.